The minimum absolute atomic E-state index is 0.130. The summed E-state index contributed by atoms with van der Waals surface area (Å²) in [5, 5.41) is 29.3. The van der Waals surface area contributed by atoms with Gasteiger partial charge < -0.3 is 25.4 Å². The first-order valence-electron chi connectivity index (χ1n) is 5.73. The van der Waals surface area contributed by atoms with Crippen LogP contribution in [0.1, 0.15) is 19.8 Å². The molecule has 7 nitrogen and oxygen atoms in total. The number of esters is 1. The van der Waals surface area contributed by atoms with Crippen molar-refractivity contribution in [3.8, 4) is 0 Å². The van der Waals surface area contributed by atoms with Crippen LogP contribution in [0.2, 0.25) is 0 Å². The van der Waals surface area contributed by atoms with Gasteiger partial charge in [0.15, 0.2) is 0 Å². The van der Waals surface area contributed by atoms with Crippen molar-refractivity contribution in [2.45, 2.75) is 19.8 Å². The summed E-state index contributed by atoms with van der Waals surface area (Å²) in [5.74, 6) is -1.59. The zero-order chi connectivity index (χ0) is 14.0. The van der Waals surface area contributed by atoms with Gasteiger partial charge in [-0.2, -0.15) is 0 Å². The van der Waals surface area contributed by atoms with Gasteiger partial charge in [-0.3, -0.25) is 9.59 Å². The van der Waals surface area contributed by atoms with Crippen molar-refractivity contribution in [1.82, 2.24) is 5.32 Å². The van der Waals surface area contributed by atoms with E-state index in [-0.39, 0.29) is 32.7 Å². The van der Waals surface area contributed by atoms with Crippen LogP contribution in [-0.2, 0) is 14.3 Å². The largest absolute Gasteiger partial charge is 0.481 e. The molecule has 0 aromatic rings. The molecule has 0 spiro atoms. The van der Waals surface area contributed by atoms with E-state index in [9.17, 15) is 9.59 Å². The topological polar surface area (TPSA) is 116 Å². The molecule has 0 rings (SSSR count). The number of aliphatic hydroxyl groups excluding tert-OH is 2. The quantitative estimate of drug-likeness (QED) is 0.294. The minimum Gasteiger partial charge on any atom is -0.481 e. The first kappa shape index (κ1) is 16.8. The third-order valence-corrected chi connectivity index (χ3v) is 2.40. The number of carbonyl (C=O) groups is 2. The number of carboxylic acids is 1. The molecule has 0 fully saturated rings. The summed E-state index contributed by atoms with van der Waals surface area (Å²) in [6, 6.07) is 0. The lowest BCUT2D eigenvalue weighted by Crippen LogP contribution is -2.39. The molecule has 18 heavy (non-hydrogen) atoms. The van der Waals surface area contributed by atoms with Crippen LogP contribution in [0.3, 0.4) is 0 Å². The first-order chi connectivity index (χ1) is 8.43. The van der Waals surface area contributed by atoms with Crippen molar-refractivity contribution in [3.05, 3.63) is 0 Å². The fourth-order valence-corrected chi connectivity index (χ4v) is 1.07. The molecule has 106 valence electrons. The van der Waals surface area contributed by atoms with Crippen molar-refractivity contribution in [2.24, 2.45) is 5.41 Å². The molecule has 0 unspecified atom stereocenters. The summed E-state index contributed by atoms with van der Waals surface area (Å²) in [5.41, 5.74) is -0.604. The van der Waals surface area contributed by atoms with Crippen LogP contribution in [0, 0.1) is 5.41 Å². The van der Waals surface area contributed by atoms with Gasteiger partial charge in [-0.15, -0.1) is 0 Å². The third kappa shape index (κ3) is 7.99. The highest BCUT2D eigenvalue weighted by atomic mass is 16.5. The van der Waals surface area contributed by atoms with Crippen LogP contribution >= 0.6 is 0 Å². The Morgan fingerprint density at radius 2 is 1.83 bits per heavy atom. The highest BCUT2D eigenvalue weighted by Gasteiger charge is 2.21. The maximum atomic E-state index is 11.0. The summed E-state index contributed by atoms with van der Waals surface area (Å²) in [6.45, 7) is 2.34. The Hall–Kier alpha value is -1.18. The summed E-state index contributed by atoms with van der Waals surface area (Å²) in [4.78, 5) is 21.2. The van der Waals surface area contributed by atoms with Crippen molar-refractivity contribution in [2.75, 3.05) is 32.9 Å². The molecule has 0 aliphatic rings. The van der Waals surface area contributed by atoms with Crippen molar-refractivity contribution >= 4 is 11.9 Å². The Labute approximate surface area is 106 Å². The number of aliphatic hydroxyl groups is 2. The van der Waals surface area contributed by atoms with E-state index >= 15 is 0 Å². The Balaban J connectivity index is 3.56. The number of nitrogens with one attached hydrogen (secondary N) is 1. The van der Waals surface area contributed by atoms with Gasteiger partial charge in [-0.1, -0.05) is 6.92 Å². The number of carbonyl (C=O) groups excluding carboxylic acids is 1. The van der Waals surface area contributed by atoms with Crippen LogP contribution < -0.4 is 5.32 Å². The molecule has 0 saturated heterocycles. The maximum absolute atomic E-state index is 11.0. The standard InChI is InChI=1S/C11H21NO6/c1-11(7-13,8-14)6-12-4-5-18-10(17)3-2-9(15)16/h12-14H,2-8H2,1H3,(H,15,16). The first-order valence-corrected chi connectivity index (χ1v) is 5.73. The molecular formula is C11H21NO6. The molecule has 0 radical (unpaired) electrons. The lowest BCUT2D eigenvalue weighted by Gasteiger charge is -2.24. The minimum atomic E-state index is -1.04. The maximum Gasteiger partial charge on any atom is 0.306 e. The van der Waals surface area contributed by atoms with Crippen LogP contribution in [0.25, 0.3) is 0 Å². The number of hydrogen-bond acceptors (Lipinski definition) is 6. The fourth-order valence-electron chi connectivity index (χ4n) is 1.07. The molecule has 7 heteroatoms. The van der Waals surface area contributed by atoms with E-state index in [0.29, 0.717) is 13.1 Å². The Bertz CT molecular complexity index is 264. The number of ether oxygens (including phenoxy) is 1. The van der Waals surface area contributed by atoms with Crippen LogP contribution in [0.5, 0.6) is 0 Å². The van der Waals surface area contributed by atoms with E-state index < -0.39 is 17.4 Å². The van der Waals surface area contributed by atoms with Crippen molar-refractivity contribution < 1.29 is 29.6 Å². The average Bonchev–Trinajstić information content (AvgIpc) is 2.35. The second-order valence-corrected chi connectivity index (χ2v) is 4.42. The zero-order valence-corrected chi connectivity index (χ0v) is 10.5. The molecule has 0 saturated carbocycles. The Morgan fingerprint density at radius 3 is 2.33 bits per heavy atom. The summed E-state index contributed by atoms with van der Waals surface area (Å²) < 4.78 is 4.78. The van der Waals surface area contributed by atoms with E-state index in [0.717, 1.165) is 0 Å². The number of carboxylic acid groups (broad SMARTS) is 1. The van der Waals surface area contributed by atoms with Crippen molar-refractivity contribution in [1.29, 1.82) is 0 Å². The molecule has 0 bridgehead atoms. The van der Waals surface area contributed by atoms with E-state index in [4.69, 9.17) is 20.1 Å². The third-order valence-electron chi connectivity index (χ3n) is 2.40. The Kier molecular flexibility index (Phi) is 8.27. The van der Waals surface area contributed by atoms with Crippen LogP contribution in [-0.4, -0.2) is 60.2 Å². The predicted molar refractivity (Wildman–Crippen MR) is 63.0 cm³/mol. The van der Waals surface area contributed by atoms with Crippen LogP contribution in [0.15, 0.2) is 0 Å². The molecule has 0 atom stereocenters. The van der Waals surface area contributed by atoms with Gasteiger partial charge >= 0.3 is 11.9 Å². The fraction of sp³-hybridized carbons (Fsp3) is 0.818. The van der Waals surface area contributed by atoms with Crippen LogP contribution in [0.4, 0.5) is 0 Å². The lowest BCUT2D eigenvalue weighted by molar-refractivity contribution is -0.147. The SMILES string of the molecule is CC(CO)(CO)CNCCOC(=O)CCC(=O)O. The second-order valence-electron chi connectivity index (χ2n) is 4.42. The summed E-state index contributed by atoms with van der Waals surface area (Å²) in [6.07, 6.45) is -0.375. The average molecular weight is 263 g/mol. The van der Waals surface area contributed by atoms with E-state index in [1.165, 1.54) is 0 Å². The smallest absolute Gasteiger partial charge is 0.306 e. The second kappa shape index (κ2) is 8.84. The van der Waals surface area contributed by atoms with E-state index in [1.54, 1.807) is 6.92 Å². The molecular weight excluding hydrogens is 242 g/mol. The normalized spacial score (nSPS) is 11.3. The van der Waals surface area contributed by atoms with Gasteiger partial charge in [-0.25, -0.2) is 0 Å². The Morgan fingerprint density at radius 1 is 1.22 bits per heavy atom. The summed E-state index contributed by atoms with van der Waals surface area (Å²) in [7, 11) is 0. The number of hydrogen-bond donors (Lipinski definition) is 4. The van der Waals surface area contributed by atoms with Gasteiger partial charge in [0.05, 0.1) is 26.1 Å². The van der Waals surface area contributed by atoms with Gasteiger partial charge in [0, 0.05) is 18.5 Å². The molecule has 4 N–H and O–H groups in total. The van der Waals surface area contributed by atoms with Crippen molar-refractivity contribution in [3.63, 3.8) is 0 Å². The number of rotatable bonds is 10. The van der Waals surface area contributed by atoms with E-state index in [2.05, 4.69) is 5.32 Å². The summed E-state index contributed by atoms with van der Waals surface area (Å²) >= 11 is 0. The van der Waals surface area contributed by atoms with Gasteiger partial charge in [-0.05, 0) is 0 Å². The highest BCUT2D eigenvalue weighted by molar-refractivity contribution is 5.76. The molecule has 0 aliphatic heterocycles. The van der Waals surface area contributed by atoms with Gasteiger partial charge in [0.25, 0.3) is 0 Å². The molecule has 0 aromatic carbocycles. The molecule has 0 aliphatic carbocycles. The van der Waals surface area contributed by atoms with Gasteiger partial charge in [0.1, 0.15) is 6.61 Å². The predicted octanol–water partition coefficient (Wildman–Crippen LogP) is -1.03. The number of aliphatic carboxylic acids is 1. The highest BCUT2D eigenvalue weighted by Crippen LogP contribution is 2.11. The zero-order valence-electron chi connectivity index (χ0n) is 10.5. The molecule has 0 heterocycles. The van der Waals surface area contributed by atoms with E-state index in [1.807, 2.05) is 0 Å². The lowest BCUT2D eigenvalue weighted by atomic mass is 9.93. The molecule has 0 aromatic heterocycles. The van der Waals surface area contributed by atoms with Gasteiger partial charge in [0.2, 0.25) is 0 Å². The molecule has 0 amide bonds. The monoisotopic (exact) mass is 263 g/mol.